The first-order valence-corrected chi connectivity index (χ1v) is 11.3. The lowest BCUT2D eigenvalue weighted by Gasteiger charge is -2.29. The van der Waals surface area contributed by atoms with Gasteiger partial charge in [0.25, 0.3) is 5.91 Å². The third-order valence-electron chi connectivity index (χ3n) is 5.23. The van der Waals surface area contributed by atoms with Crippen molar-refractivity contribution in [1.82, 2.24) is 4.31 Å². The third-order valence-corrected chi connectivity index (χ3v) is 7.15. The van der Waals surface area contributed by atoms with Crippen LogP contribution in [-0.2, 0) is 14.8 Å². The van der Waals surface area contributed by atoms with Gasteiger partial charge in [-0.2, -0.15) is 4.31 Å². The Kier molecular flexibility index (Phi) is 5.83. The van der Waals surface area contributed by atoms with Crippen molar-refractivity contribution in [3.8, 4) is 17.2 Å². The topological polar surface area (TPSA) is 94.2 Å². The number of ether oxygens (including phenoxy) is 3. The molecule has 8 nitrogen and oxygen atoms in total. The summed E-state index contributed by atoms with van der Waals surface area (Å²) in [6.45, 7) is 3.20. The number of hydrogen-bond acceptors (Lipinski definition) is 6. The maximum atomic E-state index is 12.8. The van der Waals surface area contributed by atoms with Crippen molar-refractivity contribution in [2.45, 2.75) is 24.7 Å². The minimum Gasteiger partial charge on any atom is -0.484 e. The van der Waals surface area contributed by atoms with Gasteiger partial charge in [-0.1, -0.05) is 6.92 Å². The zero-order chi connectivity index (χ0) is 21.1. The average Bonchev–Trinajstić information content (AvgIpc) is 3.21. The molecule has 160 valence electrons. The molecular formula is C21H24N2O6S. The molecule has 1 saturated heterocycles. The summed E-state index contributed by atoms with van der Waals surface area (Å²) < 4.78 is 43.0. The molecule has 1 amide bonds. The van der Waals surface area contributed by atoms with Crippen LogP contribution in [0.4, 0.5) is 5.69 Å². The number of sulfonamides is 1. The maximum Gasteiger partial charge on any atom is 0.262 e. The van der Waals surface area contributed by atoms with E-state index < -0.39 is 10.0 Å². The Bertz CT molecular complexity index is 1010. The highest BCUT2D eigenvalue weighted by Crippen LogP contribution is 2.35. The first-order valence-electron chi connectivity index (χ1n) is 9.84. The molecule has 0 atom stereocenters. The molecule has 1 N–H and O–H groups in total. The van der Waals surface area contributed by atoms with Crippen molar-refractivity contribution in [1.29, 1.82) is 0 Å². The van der Waals surface area contributed by atoms with Crippen LogP contribution in [0.2, 0.25) is 0 Å². The van der Waals surface area contributed by atoms with Gasteiger partial charge in [0.1, 0.15) is 5.75 Å². The molecule has 0 aromatic heterocycles. The summed E-state index contributed by atoms with van der Waals surface area (Å²) in [5, 5.41) is 2.70. The molecule has 0 aliphatic carbocycles. The molecule has 2 aliphatic rings. The molecule has 30 heavy (non-hydrogen) atoms. The Balaban J connectivity index is 1.32. The quantitative estimate of drug-likeness (QED) is 0.754. The Hall–Kier alpha value is -2.78. The van der Waals surface area contributed by atoms with E-state index in [2.05, 4.69) is 12.2 Å². The molecule has 2 aromatic rings. The maximum absolute atomic E-state index is 12.8. The standard InChI is InChI=1S/C21H24N2O6S/c1-15-8-10-23(11-9-15)30(25,26)18-5-2-16(3-6-18)22-21(24)13-27-17-4-7-19-20(12-17)29-14-28-19/h2-7,12,15H,8-11,13-14H2,1H3,(H,22,24). The van der Waals surface area contributed by atoms with Gasteiger partial charge in [-0.3, -0.25) is 4.79 Å². The van der Waals surface area contributed by atoms with Crippen molar-refractivity contribution in [2.24, 2.45) is 5.92 Å². The largest absolute Gasteiger partial charge is 0.484 e. The molecule has 0 unspecified atom stereocenters. The minimum atomic E-state index is -3.51. The van der Waals surface area contributed by atoms with Crippen LogP contribution < -0.4 is 19.5 Å². The summed E-state index contributed by atoms with van der Waals surface area (Å²) in [5.74, 6) is 1.91. The second-order valence-electron chi connectivity index (χ2n) is 7.46. The summed E-state index contributed by atoms with van der Waals surface area (Å²) in [4.78, 5) is 12.4. The van der Waals surface area contributed by atoms with Crippen LogP contribution in [0.15, 0.2) is 47.4 Å². The minimum absolute atomic E-state index is 0.169. The highest BCUT2D eigenvalue weighted by Gasteiger charge is 2.27. The number of nitrogens with zero attached hydrogens (tertiary/aromatic N) is 1. The summed E-state index contributed by atoms with van der Waals surface area (Å²) >= 11 is 0. The molecule has 0 bridgehead atoms. The first-order chi connectivity index (χ1) is 14.4. The van der Waals surface area contributed by atoms with Gasteiger partial charge in [-0.15, -0.1) is 0 Å². The van der Waals surface area contributed by atoms with Crippen molar-refractivity contribution in [2.75, 3.05) is 31.8 Å². The first kappa shape index (κ1) is 20.5. The average molecular weight is 432 g/mol. The lowest BCUT2D eigenvalue weighted by atomic mass is 10.0. The SMILES string of the molecule is CC1CCN(S(=O)(=O)c2ccc(NC(=O)COc3ccc4c(c3)OCO4)cc2)CC1. The van der Waals surface area contributed by atoms with Gasteiger partial charge >= 0.3 is 0 Å². The van der Waals surface area contributed by atoms with Crippen molar-refractivity contribution >= 4 is 21.6 Å². The zero-order valence-corrected chi connectivity index (χ0v) is 17.5. The second-order valence-corrected chi connectivity index (χ2v) is 9.40. The van der Waals surface area contributed by atoms with Crippen molar-refractivity contribution in [3.05, 3.63) is 42.5 Å². The number of hydrogen-bond donors (Lipinski definition) is 1. The van der Waals surface area contributed by atoms with E-state index in [-0.39, 0.29) is 24.2 Å². The van der Waals surface area contributed by atoms with Crippen molar-refractivity contribution < 1.29 is 27.4 Å². The van der Waals surface area contributed by atoms with E-state index in [0.717, 1.165) is 12.8 Å². The number of fused-ring (bicyclic) bond motifs is 1. The number of piperidine rings is 1. The number of rotatable bonds is 6. The van der Waals surface area contributed by atoms with E-state index in [1.807, 2.05) is 0 Å². The molecule has 1 fully saturated rings. The third kappa shape index (κ3) is 4.52. The fourth-order valence-corrected chi connectivity index (χ4v) is 4.87. The Labute approximate surface area is 175 Å². The van der Waals surface area contributed by atoms with Crippen LogP contribution >= 0.6 is 0 Å². The zero-order valence-electron chi connectivity index (χ0n) is 16.7. The molecule has 4 rings (SSSR count). The lowest BCUT2D eigenvalue weighted by molar-refractivity contribution is -0.118. The van der Waals surface area contributed by atoms with Crippen LogP contribution in [0.5, 0.6) is 17.2 Å². The second kappa shape index (κ2) is 8.53. The highest BCUT2D eigenvalue weighted by atomic mass is 32.2. The van der Waals surface area contributed by atoms with E-state index >= 15 is 0 Å². The van der Waals surface area contributed by atoms with E-state index in [1.54, 1.807) is 30.3 Å². The molecule has 2 heterocycles. The predicted octanol–water partition coefficient (Wildman–Crippen LogP) is 2.85. The van der Waals surface area contributed by atoms with Gasteiger partial charge in [0, 0.05) is 24.8 Å². The summed E-state index contributed by atoms with van der Waals surface area (Å²) in [5.41, 5.74) is 0.500. The van der Waals surface area contributed by atoms with Gasteiger partial charge in [-0.05, 0) is 55.2 Å². The Morgan fingerprint density at radius 1 is 1.10 bits per heavy atom. The fraction of sp³-hybridized carbons (Fsp3) is 0.381. The van der Waals surface area contributed by atoms with Gasteiger partial charge in [0.05, 0.1) is 4.90 Å². The van der Waals surface area contributed by atoms with E-state index in [1.165, 1.54) is 16.4 Å². The predicted molar refractivity (Wildman–Crippen MR) is 110 cm³/mol. The van der Waals surface area contributed by atoms with Crippen LogP contribution in [-0.4, -0.2) is 45.1 Å². The summed E-state index contributed by atoms with van der Waals surface area (Å²) in [7, 11) is -3.51. The van der Waals surface area contributed by atoms with Gasteiger partial charge in [0.15, 0.2) is 18.1 Å². The molecule has 9 heteroatoms. The number of carbonyl (C=O) groups is 1. The van der Waals surface area contributed by atoms with Crippen molar-refractivity contribution in [3.63, 3.8) is 0 Å². The number of carbonyl (C=O) groups excluding carboxylic acids is 1. The molecular weight excluding hydrogens is 408 g/mol. The summed E-state index contributed by atoms with van der Waals surface area (Å²) in [6, 6.07) is 11.3. The number of anilines is 1. The van der Waals surface area contributed by atoms with Crippen LogP contribution in [0.25, 0.3) is 0 Å². The molecule has 0 spiro atoms. The van der Waals surface area contributed by atoms with Crippen LogP contribution in [0, 0.1) is 5.92 Å². The Morgan fingerprint density at radius 2 is 1.80 bits per heavy atom. The molecule has 0 radical (unpaired) electrons. The monoisotopic (exact) mass is 432 g/mol. The normalized spacial score (nSPS) is 17.0. The number of nitrogens with one attached hydrogen (secondary N) is 1. The van der Waals surface area contributed by atoms with E-state index in [0.29, 0.717) is 41.9 Å². The number of benzene rings is 2. The van der Waals surface area contributed by atoms with Crippen LogP contribution in [0.3, 0.4) is 0 Å². The highest BCUT2D eigenvalue weighted by molar-refractivity contribution is 7.89. The molecule has 2 aliphatic heterocycles. The fourth-order valence-electron chi connectivity index (χ4n) is 3.40. The smallest absolute Gasteiger partial charge is 0.262 e. The van der Waals surface area contributed by atoms with E-state index in [9.17, 15) is 13.2 Å². The lowest BCUT2D eigenvalue weighted by Crippen LogP contribution is -2.37. The number of amides is 1. The molecule has 2 aromatic carbocycles. The summed E-state index contributed by atoms with van der Waals surface area (Å²) in [6.07, 6.45) is 1.74. The molecule has 0 saturated carbocycles. The van der Waals surface area contributed by atoms with Gasteiger partial charge in [0.2, 0.25) is 16.8 Å². The van der Waals surface area contributed by atoms with Gasteiger partial charge in [-0.25, -0.2) is 8.42 Å². The Morgan fingerprint density at radius 3 is 2.53 bits per heavy atom. The van der Waals surface area contributed by atoms with Crippen LogP contribution in [0.1, 0.15) is 19.8 Å². The van der Waals surface area contributed by atoms with Gasteiger partial charge < -0.3 is 19.5 Å². The van der Waals surface area contributed by atoms with E-state index in [4.69, 9.17) is 14.2 Å².